The van der Waals surface area contributed by atoms with Gasteiger partial charge in [0.15, 0.2) is 5.82 Å². The van der Waals surface area contributed by atoms with Crippen molar-refractivity contribution in [2.75, 3.05) is 50.7 Å². The molecule has 306 valence electrons. The van der Waals surface area contributed by atoms with E-state index in [1.165, 1.54) is 17.1 Å². The molecule has 1 N–H and O–H groups in total. The van der Waals surface area contributed by atoms with Gasteiger partial charge < -0.3 is 9.80 Å². The maximum absolute atomic E-state index is 15.6. The number of nitrogens with zero attached hydrogens (tertiary/aromatic N) is 9. The number of fused-ring (bicyclic) bond motifs is 4. The Bertz CT molecular complexity index is 2590. The Balaban J connectivity index is 0.825. The number of carbonyl (C=O) groups excluding carboxylic acids is 3. The molecular weight excluding hydrogens is 795 g/mol. The second-order valence-electron chi connectivity index (χ2n) is 16.0. The summed E-state index contributed by atoms with van der Waals surface area (Å²) in [4.78, 5) is 64.1. The fourth-order valence-corrected chi connectivity index (χ4v) is 10.2. The predicted octanol–water partition coefficient (Wildman–Crippen LogP) is 5.08. The summed E-state index contributed by atoms with van der Waals surface area (Å²) in [5, 5.41) is 17.8. The lowest BCUT2D eigenvalue weighted by Gasteiger charge is -2.39. The summed E-state index contributed by atoms with van der Waals surface area (Å²) >= 11 is 7.96. The summed E-state index contributed by atoms with van der Waals surface area (Å²) in [5.74, 6) is 0.432. The number of imide groups is 1. The molecule has 2 aromatic carbocycles. The molecule has 3 fully saturated rings. The Kier molecular flexibility index (Phi) is 10.4. The number of piperidine rings is 2. The first-order valence-electron chi connectivity index (χ1n) is 20.1. The average Bonchev–Trinajstić information content (AvgIpc) is 3.70. The van der Waals surface area contributed by atoms with Gasteiger partial charge in [0.1, 0.15) is 28.7 Å². The molecule has 0 spiro atoms. The molecule has 9 rings (SSSR count). The summed E-state index contributed by atoms with van der Waals surface area (Å²) < 4.78 is 18.7. The van der Waals surface area contributed by atoms with Gasteiger partial charge >= 0.3 is 0 Å². The van der Waals surface area contributed by atoms with Crippen molar-refractivity contribution >= 4 is 62.8 Å². The molecule has 1 unspecified atom stereocenters. The minimum Gasteiger partial charge on any atom is -0.367 e. The number of aryl methyl sites for hydroxylation is 2. The van der Waals surface area contributed by atoms with Crippen LogP contribution in [0.15, 0.2) is 52.4 Å². The SMILES string of the molecule is Cc1sc2c(c1C)C(c1ccc(Cl)cc1)=N[C@@H](CC(=O)N1CCC(CN3CCN(c4cc5cnn(C6CCC(=O)NC6=O)c(=O)c5cc4F)CC3)CC1)c1nnc(C)n1-2. The number of rotatable bonds is 7. The predicted molar refractivity (Wildman–Crippen MR) is 223 cm³/mol. The number of aromatic nitrogens is 5. The molecule has 0 bridgehead atoms. The smallest absolute Gasteiger partial charge is 0.275 e. The van der Waals surface area contributed by atoms with E-state index in [9.17, 15) is 19.2 Å². The first-order valence-corrected chi connectivity index (χ1v) is 21.3. The van der Waals surface area contributed by atoms with E-state index in [0.717, 1.165) is 70.4 Å². The van der Waals surface area contributed by atoms with Crippen LogP contribution in [0.5, 0.6) is 0 Å². The zero-order valence-corrected chi connectivity index (χ0v) is 34.7. The van der Waals surface area contributed by atoms with Crippen LogP contribution in [-0.4, -0.2) is 104 Å². The molecule has 17 heteroatoms. The van der Waals surface area contributed by atoms with Gasteiger partial charge in [-0.15, -0.1) is 21.5 Å². The van der Waals surface area contributed by atoms with E-state index >= 15 is 4.39 Å². The van der Waals surface area contributed by atoms with Gasteiger partial charge in [0.05, 0.1) is 29.4 Å². The van der Waals surface area contributed by atoms with Crippen LogP contribution in [0.4, 0.5) is 10.1 Å². The fraction of sp³-hybridized carbons (Fsp3) is 0.429. The van der Waals surface area contributed by atoms with Crippen LogP contribution >= 0.6 is 22.9 Å². The number of piperazine rings is 1. The molecule has 3 amide bonds. The standard InChI is InChI=1S/C42H44ClFN10O4S/c1-23-24(2)59-42-37(23)38(27-4-6-29(43)7-5-27)46-32(39-49-48-25(3)53(39)42)20-36(56)52-12-10-26(11-13-52)22-50-14-16-51(17-15-50)34-18-28-21-45-54(41(58)30(28)19-31(34)44)33-8-9-35(55)47-40(33)57/h4-7,18-19,21,26,32-33H,8-17,20,22H2,1-3H3,(H,47,55,57)/t32-,33?/m0/s1. The number of amides is 3. The lowest BCUT2D eigenvalue weighted by atomic mass is 9.95. The molecular formula is C42H44ClFN10O4S. The average molecular weight is 839 g/mol. The number of nitrogens with one attached hydrogen (secondary N) is 1. The van der Waals surface area contributed by atoms with Crippen molar-refractivity contribution in [2.24, 2.45) is 10.9 Å². The van der Waals surface area contributed by atoms with E-state index in [2.05, 4.69) is 43.9 Å². The van der Waals surface area contributed by atoms with Crippen LogP contribution in [0, 0.1) is 32.5 Å². The second-order valence-corrected chi connectivity index (χ2v) is 17.6. The van der Waals surface area contributed by atoms with Crippen molar-refractivity contribution in [1.82, 2.24) is 39.7 Å². The van der Waals surface area contributed by atoms with Crippen molar-refractivity contribution in [3.8, 4) is 5.00 Å². The Morgan fingerprint density at radius 3 is 2.44 bits per heavy atom. The van der Waals surface area contributed by atoms with Gasteiger partial charge in [-0.05, 0) is 75.8 Å². The van der Waals surface area contributed by atoms with Crippen molar-refractivity contribution in [1.29, 1.82) is 0 Å². The fourth-order valence-electron chi connectivity index (χ4n) is 8.88. The van der Waals surface area contributed by atoms with Crippen LogP contribution in [0.2, 0.25) is 5.02 Å². The third-order valence-electron chi connectivity index (χ3n) is 12.3. The summed E-state index contributed by atoms with van der Waals surface area (Å²) in [6, 6.07) is 9.15. The van der Waals surface area contributed by atoms with Gasteiger partial charge in [-0.3, -0.25) is 39.0 Å². The molecule has 2 atom stereocenters. The largest absolute Gasteiger partial charge is 0.367 e. The van der Waals surface area contributed by atoms with Gasteiger partial charge in [-0.25, -0.2) is 9.07 Å². The van der Waals surface area contributed by atoms with Crippen molar-refractivity contribution in [3.63, 3.8) is 0 Å². The third-order valence-corrected chi connectivity index (χ3v) is 13.8. The number of likely N-dealkylation sites (tertiary alicyclic amines) is 1. The highest BCUT2D eigenvalue weighted by Crippen LogP contribution is 2.40. The monoisotopic (exact) mass is 838 g/mol. The highest BCUT2D eigenvalue weighted by molar-refractivity contribution is 7.15. The number of thiophene rings is 1. The normalized spacial score (nSPS) is 20.3. The zero-order chi connectivity index (χ0) is 41.1. The number of benzene rings is 2. The Morgan fingerprint density at radius 1 is 0.966 bits per heavy atom. The first-order chi connectivity index (χ1) is 28.4. The highest BCUT2D eigenvalue weighted by Gasteiger charge is 2.35. The van der Waals surface area contributed by atoms with Crippen LogP contribution in [0.3, 0.4) is 0 Å². The van der Waals surface area contributed by atoms with E-state index < -0.39 is 29.4 Å². The lowest BCUT2D eigenvalue weighted by Crippen LogP contribution is -2.49. The van der Waals surface area contributed by atoms with Crippen molar-refractivity contribution in [2.45, 2.75) is 65.0 Å². The minimum absolute atomic E-state index is 0.0501. The molecule has 4 aliphatic rings. The summed E-state index contributed by atoms with van der Waals surface area (Å²) in [5.41, 5.74) is 3.80. The molecule has 5 aromatic rings. The molecule has 0 radical (unpaired) electrons. The van der Waals surface area contributed by atoms with Crippen molar-refractivity contribution < 1.29 is 18.8 Å². The number of hydrogen-bond acceptors (Lipinski definition) is 11. The maximum Gasteiger partial charge on any atom is 0.275 e. The van der Waals surface area contributed by atoms with Crippen LogP contribution in [0.25, 0.3) is 15.8 Å². The Hall–Kier alpha value is -5.32. The van der Waals surface area contributed by atoms with Gasteiger partial charge in [-0.2, -0.15) is 5.10 Å². The maximum atomic E-state index is 15.6. The van der Waals surface area contributed by atoms with Gasteiger partial charge in [0, 0.05) is 78.6 Å². The quantitative estimate of drug-likeness (QED) is 0.222. The molecule has 0 saturated carbocycles. The Labute approximate surface area is 348 Å². The van der Waals surface area contributed by atoms with E-state index in [4.69, 9.17) is 16.6 Å². The van der Waals surface area contributed by atoms with Gasteiger partial charge in [-0.1, -0.05) is 23.7 Å². The highest BCUT2D eigenvalue weighted by atomic mass is 35.5. The summed E-state index contributed by atoms with van der Waals surface area (Å²) in [6.07, 6.45) is 3.72. The molecule has 3 saturated heterocycles. The topological polar surface area (TPSA) is 151 Å². The van der Waals surface area contributed by atoms with Crippen LogP contribution < -0.4 is 15.8 Å². The number of hydrogen-bond donors (Lipinski definition) is 1. The Morgan fingerprint density at radius 2 is 1.71 bits per heavy atom. The molecule has 3 aromatic heterocycles. The second kappa shape index (κ2) is 15.7. The third kappa shape index (κ3) is 7.35. The van der Waals surface area contributed by atoms with Gasteiger partial charge in [0.2, 0.25) is 11.8 Å². The van der Waals surface area contributed by atoms with E-state index in [-0.39, 0.29) is 36.5 Å². The van der Waals surface area contributed by atoms with Crippen molar-refractivity contribution in [3.05, 3.63) is 97.0 Å². The molecule has 0 aliphatic carbocycles. The zero-order valence-electron chi connectivity index (χ0n) is 33.1. The number of halogens is 2. The summed E-state index contributed by atoms with van der Waals surface area (Å²) in [6.45, 7) is 11.2. The van der Waals surface area contributed by atoms with E-state index in [1.807, 2.05) is 41.0 Å². The van der Waals surface area contributed by atoms with E-state index in [0.29, 0.717) is 54.0 Å². The molecule has 4 aliphatic heterocycles. The number of anilines is 1. The number of aliphatic imine (C=N–C) groups is 1. The van der Waals surface area contributed by atoms with Crippen LogP contribution in [-0.2, 0) is 14.4 Å². The molecule has 59 heavy (non-hydrogen) atoms. The molecule has 7 heterocycles. The minimum atomic E-state index is -0.915. The van der Waals surface area contributed by atoms with Gasteiger partial charge in [0.25, 0.3) is 11.5 Å². The van der Waals surface area contributed by atoms with E-state index in [1.54, 1.807) is 17.4 Å². The molecule has 14 nitrogen and oxygen atoms in total. The first kappa shape index (κ1) is 39.2. The summed E-state index contributed by atoms with van der Waals surface area (Å²) in [7, 11) is 0. The lowest BCUT2D eigenvalue weighted by molar-refractivity contribution is -0.136. The number of carbonyl (C=O) groups is 3. The van der Waals surface area contributed by atoms with Crippen LogP contribution in [0.1, 0.15) is 77.4 Å².